The van der Waals surface area contributed by atoms with Crippen molar-refractivity contribution in [3.8, 4) is 17.2 Å². The number of anilines is 1. The molecule has 3 N–H and O–H groups in total. The molecular formula is C19H20BrN3O5. The Labute approximate surface area is 170 Å². The standard InChI is InChI=1S/C19H20BrN3O5/c1-27-16-6-4-3-5-14(16)22-17(25)7-8-18(26)23-21-11-12-9-13(20)19(28-2)15(24)10-12/h3-6,9-11,24H,7-8H2,1-2H3,(H,22,25)(H,23,26)/b21-11-. The number of carbonyl (C=O) groups is 2. The smallest absolute Gasteiger partial charge is 0.240 e. The number of phenolic OH excluding ortho intramolecular Hbond substituents is 1. The Bertz CT molecular complexity index is 863. The highest BCUT2D eigenvalue weighted by Crippen LogP contribution is 2.34. The molecule has 0 unspecified atom stereocenters. The van der Waals surface area contributed by atoms with E-state index in [-0.39, 0.29) is 24.5 Å². The Morgan fingerprint density at radius 3 is 2.54 bits per heavy atom. The highest BCUT2D eigenvalue weighted by atomic mass is 79.9. The normalized spacial score (nSPS) is 10.5. The second-order valence-corrected chi connectivity index (χ2v) is 6.45. The van der Waals surface area contributed by atoms with Gasteiger partial charge in [-0.25, -0.2) is 5.43 Å². The Morgan fingerprint density at radius 1 is 1.14 bits per heavy atom. The maximum Gasteiger partial charge on any atom is 0.240 e. The average molecular weight is 450 g/mol. The predicted octanol–water partition coefficient (Wildman–Crippen LogP) is 3.04. The zero-order valence-corrected chi connectivity index (χ0v) is 16.9. The number of nitrogens with one attached hydrogen (secondary N) is 2. The lowest BCUT2D eigenvalue weighted by molar-refractivity contribution is -0.124. The molecule has 9 heteroatoms. The molecule has 0 spiro atoms. The SMILES string of the molecule is COc1ccccc1NC(=O)CCC(=O)N/N=C\c1cc(O)c(OC)c(Br)c1. The first-order valence-electron chi connectivity index (χ1n) is 8.26. The van der Waals surface area contributed by atoms with Gasteiger partial charge in [0.2, 0.25) is 11.8 Å². The number of aromatic hydroxyl groups is 1. The van der Waals surface area contributed by atoms with Crippen molar-refractivity contribution in [3.05, 3.63) is 46.4 Å². The van der Waals surface area contributed by atoms with Gasteiger partial charge in [0.15, 0.2) is 11.5 Å². The predicted molar refractivity (Wildman–Crippen MR) is 109 cm³/mol. The van der Waals surface area contributed by atoms with Gasteiger partial charge in [-0.2, -0.15) is 5.10 Å². The topological polar surface area (TPSA) is 109 Å². The summed E-state index contributed by atoms with van der Waals surface area (Å²) in [5.41, 5.74) is 3.43. The Balaban J connectivity index is 1.82. The van der Waals surface area contributed by atoms with Crippen LogP contribution in [-0.4, -0.2) is 37.4 Å². The van der Waals surface area contributed by atoms with Crippen LogP contribution in [0.25, 0.3) is 0 Å². The Morgan fingerprint density at radius 2 is 1.86 bits per heavy atom. The van der Waals surface area contributed by atoms with E-state index in [0.717, 1.165) is 0 Å². The second kappa shape index (κ2) is 10.3. The summed E-state index contributed by atoms with van der Waals surface area (Å²) in [6, 6.07) is 10.1. The molecule has 0 atom stereocenters. The zero-order valence-electron chi connectivity index (χ0n) is 15.4. The first-order valence-corrected chi connectivity index (χ1v) is 9.05. The summed E-state index contributed by atoms with van der Waals surface area (Å²) in [6.45, 7) is 0. The van der Waals surface area contributed by atoms with Gasteiger partial charge in [0.25, 0.3) is 0 Å². The lowest BCUT2D eigenvalue weighted by atomic mass is 10.2. The molecule has 0 fully saturated rings. The zero-order chi connectivity index (χ0) is 20.5. The molecule has 0 aromatic heterocycles. The van der Waals surface area contributed by atoms with Crippen molar-refractivity contribution in [1.82, 2.24) is 5.43 Å². The summed E-state index contributed by atoms with van der Waals surface area (Å²) in [7, 11) is 2.95. The van der Waals surface area contributed by atoms with Gasteiger partial charge in [0, 0.05) is 12.8 Å². The molecule has 2 aromatic carbocycles. The highest BCUT2D eigenvalue weighted by molar-refractivity contribution is 9.10. The molecule has 0 saturated heterocycles. The van der Waals surface area contributed by atoms with E-state index in [0.29, 0.717) is 27.2 Å². The molecule has 2 rings (SSSR count). The lowest BCUT2D eigenvalue weighted by Crippen LogP contribution is -2.20. The minimum Gasteiger partial charge on any atom is -0.504 e. The summed E-state index contributed by atoms with van der Waals surface area (Å²) < 4.78 is 10.7. The van der Waals surface area contributed by atoms with Crippen LogP contribution < -0.4 is 20.2 Å². The number of hydrazone groups is 1. The van der Waals surface area contributed by atoms with E-state index >= 15 is 0 Å². The fraction of sp³-hybridized carbons (Fsp3) is 0.211. The maximum atomic E-state index is 12.0. The number of phenols is 1. The van der Waals surface area contributed by atoms with Crippen LogP contribution in [0.2, 0.25) is 0 Å². The molecule has 2 amide bonds. The number of rotatable bonds is 8. The minimum absolute atomic E-state index is 0.00568. The van der Waals surface area contributed by atoms with Crippen molar-refractivity contribution in [2.75, 3.05) is 19.5 Å². The van der Waals surface area contributed by atoms with E-state index in [1.54, 1.807) is 30.3 Å². The number of para-hydroxylation sites is 2. The van der Waals surface area contributed by atoms with Crippen LogP contribution in [0.3, 0.4) is 0 Å². The molecule has 0 radical (unpaired) electrons. The summed E-state index contributed by atoms with van der Waals surface area (Å²) in [6.07, 6.45) is 1.33. The van der Waals surface area contributed by atoms with Gasteiger partial charge in [-0.15, -0.1) is 0 Å². The largest absolute Gasteiger partial charge is 0.504 e. The number of hydrogen-bond acceptors (Lipinski definition) is 6. The maximum absolute atomic E-state index is 12.0. The van der Waals surface area contributed by atoms with E-state index in [4.69, 9.17) is 9.47 Å². The van der Waals surface area contributed by atoms with Crippen molar-refractivity contribution in [2.24, 2.45) is 5.10 Å². The summed E-state index contributed by atoms with van der Waals surface area (Å²) in [5.74, 6) is 0.0644. The van der Waals surface area contributed by atoms with Crippen LogP contribution in [-0.2, 0) is 9.59 Å². The molecule has 28 heavy (non-hydrogen) atoms. The molecule has 0 saturated carbocycles. The number of amides is 2. The Hall–Kier alpha value is -3.07. The third-order valence-electron chi connectivity index (χ3n) is 3.61. The fourth-order valence-corrected chi connectivity index (χ4v) is 2.93. The first kappa shape index (κ1) is 21.2. The minimum atomic E-state index is -0.414. The quantitative estimate of drug-likeness (QED) is 0.423. The van der Waals surface area contributed by atoms with E-state index < -0.39 is 5.91 Å². The number of nitrogens with zero attached hydrogens (tertiary/aromatic N) is 1. The van der Waals surface area contributed by atoms with Gasteiger partial charge in [0.05, 0.1) is 30.6 Å². The van der Waals surface area contributed by atoms with Crippen LogP contribution in [0.15, 0.2) is 46.0 Å². The van der Waals surface area contributed by atoms with Gasteiger partial charge in [-0.1, -0.05) is 12.1 Å². The second-order valence-electron chi connectivity index (χ2n) is 5.60. The molecule has 8 nitrogen and oxygen atoms in total. The van der Waals surface area contributed by atoms with Crippen LogP contribution in [0, 0.1) is 0 Å². The monoisotopic (exact) mass is 449 g/mol. The fourth-order valence-electron chi connectivity index (χ4n) is 2.30. The van der Waals surface area contributed by atoms with Gasteiger partial charge in [-0.05, 0) is 45.8 Å². The Kier molecular flexibility index (Phi) is 7.82. The number of ether oxygens (including phenoxy) is 2. The van der Waals surface area contributed by atoms with Gasteiger partial charge >= 0.3 is 0 Å². The molecule has 0 heterocycles. The van der Waals surface area contributed by atoms with Crippen LogP contribution in [0.4, 0.5) is 5.69 Å². The van der Waals surface area contributed by atoms with Gasteiger partial charge in [0.1, 0.15) is 5.75 Å². The highest BCUT2D eigenvalue weighted by Gasteiger charge is 2.10. The lowest BCUT2D eigenvalue weighted by Gasteiger charge is -2.09. The van der Waals surface area contributed by atoms with Crippen molar-refractivity contribution in [1.29, 1.82) is 0 Å². The van der Waals surface area contributed by atoms with Crippen molar-refractivity contribution >= 4 is 39.6 Å². The molecule has 0 bridgehead atoms. The third kappa shape index (κ3) is 5.98. The molecule has 0 aliphatic carbocycles. The third-order valence-corrected chi connectivity index (χ3v) is 4.20. The number of methoxy groups -OCH3 is 2. The summed E-state index contributed by atoms with van der Waals surface area (Å²) >= 11 is 3.27. The van der Waals surface area contributed by atoms with E-state index in [1.165, 1.54) is 26.5 Å². The molecular weight excluding hydrogens is 430 g/mol. The summed E-state index contributed by atoms with van der Waals surface area (Å²) in [5, 5.41) is 16.3. The number of carbonyl (C=O) groups excluding carboxylic acids is 2. The average Bonchev–Trinajstić information content (AvgIpc) is 2.66. The van der Waals surface area contributed by atoms with Crippen LogP contribution in [0.5, 0.6) is 17.2 Å². The van der Waals surface area contributed by atoms with E-state index in [2.05, 4.69) is 31.8 Å². The molecule has 0 aliphatic rings. The van der Waals surface area contributed by atoms with Crippen molar-refractivity contribution in [2.45, 2.75) is 12.8 Å². The van der Waals surface area contributed by atoms with E-state index in [1.807, 2.05) is 0 Å². The van der Waals surface area contributed by atoms with Crippen molar-refractivity contribution < 1.29 is 24.2 Å². The van der Waals surface area contributed by atoms with Crippen LogP contribution >= 0.6 is 15.9 Å². The molecule has 2 aromatic rings. The number of hydrogen-bond donors (Lipinski definition) is 3. The first-order chi connectivity index (χ1) is 13.4. The van der Waals surface area contributed by atoms with E-state index in [9.17, 15) is 14.7 Å². The van der Waals surface area contributed by atoms with Gasteiger partial charge in [-0.3, -0.25) is 9.59 Å². The number of halogens is 1. The summed E-state index contributed by atoms with van der Waals surface area (Å²) in [4.78, 5) is 23.8. The van der Waals surface area contributed by atoms with Gasteiger partial charge < -0.3 is 19.9 Å². The van der Waals surface area contributed by atoms with Crippen LogP contribution in [0.1, 0.15) is 18.4 Å². The number of benzene rings is 2. The molecule has 148 valence electrons. The molecule has 0 aliphatic heterocycles. The van der Waals surface area contributed by atoms with Crippen molar-refractivity contribution in [3.63, 3.8) is 0 Å².